The Kier molecular flexibility index (Phi) is 5.37. The Morgan fingerprint density at radius 1 is 1.45 bits per heavy atom. The molecule has 1 aromatic rings. The van der Waals surface area contributed by atoms with Crippen molar-refractivity contribution in [1.82, 2.24) is 5.43 Å². The number of aromatic hydroxyl groups is 1. The number of hydrogen-bond acceptors (Lipinski definition) is 5. The number of rotatable bonds is 4. The summed E-state index contributed by atoms with van der Waals surface area (Å²) in [5.41, 5.74) is 2.07. The van der Waals surface area contributed by atoms with Crippen molar-refractivity contribution in [3.8, 4) is 11.5 Å². The number of amides is 1. The Morgan fingerprint density at radius 3 is 2.75 bits per heavy atom. The van der Waals surface area contributed by atoms with E-state index in [1.54, 1.807) is 39.0 Å². The van der Waals surface area contributed by atoms with Gasteiger partial charge in [0.25, 0.3) is 0 Å². The average Bonchev–Trinajstić information content (AvgIpc) is 2.32. The first-order valence-electron chi connectivity index (χ1n) is 6.30. The summed E-state index contributed by atoms with van der Waals surface area (Å²) in [5.74, 6) is 0.345. The molecule has 0 spiro atoms. The zero-order chi connectivity index (χ0) is 15.2. The number of hydrogen-bond donors (Lipinski definition) is 2. The van der Waals surface area contributed by atoms with Crippen LogP contribution in [0.15, 0.2) is 23.3 Å². The van der Waals surface area contributed by atoms with Crippen LogP contribution in [0.25, 0.3) is 0 Å². The van der Waals surface area contributed by atoms with Crippen LogP contribution in [0.3, 0.4) is 0 Å². The zero-order valence-electron chi connectivity index (χ0n) is 12.1. The van der Waals surface area contributed by atoms with Crippen LogP contribution in [0.1, 0.15) is 33.3 Å². The molecule has 0 aliphatic rings. The Labute approximate surface area is 118 Å². The van der Waals surface area contributed by atoms with Crippen LogP contribution in [0, 0.1) is 0 Å². The molecule has 1 aromatic carbocycles. The Balaban J connectivity index is 2.67. The van der Waals surface area contributed by atoms with Crippen LogP contribution in [0.2, 0.25) is 0 Å². The van der Waals surface area contributed by atoms with Crippen molar-refractivity contribution in [2.45, 2.75) is 33.3 Å². The molecule has 0 fully saturated rings. The van der Waals surface area contributed by atoms with E-state index in [9.17, 15) is 9.90 Å². The van der Waals surface area contributed by atoms with Crippen LogP contribution < -0.4 is 10.2 Å². The minimum absolute atomic E-state index is 0.0240. The minimum atomic E-state index is -0.658. The highest BCUT2D eigenvalue weighted by molar-refractivity contribution is 5.85. The largest absolute Gasteiger partial charge is 0.504 e. The molecule has 0 saturated carbocycles. The van der Waals surface area contributed by atoms with Gasteiger partial charge in [0.2, 0.25) is 0 Å². The third kappa shape index (κ3) is 5.17. The molecule has 0 saturated heterocycles. The van der Waals surface area contributed by atoms with Crippen molar-refractivity contribution in [2.75, 3.05) is 6.61 Å². The standard InChI is InChI=1S/C14H20N2O4/c1-5-19-11-8-6-7-10(12(11)17)9-15-16-13(18)20-14(2,3)4/h6-9,17H,5H2,1-4H3,(H,16,18). The van der Waals surface area contributed by atoms with Gasteiger partial charge in [0, 0.05) is 5.56 Å². The summed E-state index contributed by atoms with van der Waals surface area (Å²) in [6.45, 7) is 7.55. The summed E-state index contributed by atoms with van der Waals surface area (Å²) < 4.78 is 10.3. The molecule has 0 aliphatic carbocycles. The Bertz CT molecular complexity index is 492. The number of carbonyl (C=O) groups is 1. The number of phenolic OH excluding ortho intramolecular Hbond substituents is 1. The first-order valence-corrected chi connectivity index (χ1v) is 6.30. The van der Waals surface area contributed by atoms with Gasteiger partial charge in [-0.15, -0.1) is 0 Å². The average molecular weight is 280 g/mol. The highest BCUT2D eigenvalue weighted by Gasteiger charge is 2.15. The molecule has 0 aromatic heterocycles. The van der Waals surface area contributed by atoms with Gasteiger partial charge in [-0.05, 0) is 39.8 Å². The van der Waals surface area contributed by atoms with Gasteiger partial charge < -0.3 is 14.6 Å². The molecular weight excluding hydrogens is 260 g/mol. The number of nitrogens with zero attached hydrogens (tertiary/aromatic N) is 1. The normalized spacial score (nSPS) is 11.4. The lowest BCUT2D eigenvalue weighted by Gasteiger charge is -2.18. The smallest absolute Gasteiger partial charge is 0.428 e. The van der Waals surface area contributed by atoms with E-state index in [1.165, 1.54) is 6.21 Å². The molecule has 0 heterocycles. The van der Waals surface area contributed by atoms with E-state index in [2.05, 4.69) is 10.5 Å². The zero-order valence-corrected chi connectivity index (χ0v) is 12.1. The highest BCUT2D eigenvalue weighted by atomic mass is 16.6. The van der Waals surface area contributed by atoms with Crippen LogP contribution in [-0.2, 0) is 4.74 Å². The predicted octanol–water partition coefficient (Wildman–Crippen LogP) is 2.65. The number of phenols is 1. The number of ether oxygens (including phenoxy) is 2. The molecule has 20 heavy (non-hydrogen) atoms. The maximum atomic E-state index is 11.4. The van der Waals surface area contributed by atoms with Crippen LogP contribution >= 0.6 is 0 Å². The lowest BCUT2D eigenvalue weighted by molar-refractivity contribution is 0.0529. The quantitative estimate of drug-likeness (QED) is 0.656. The summed E-state index contributed by atoms with van der Waals surface area (Å²) in [4.78, 5) is 11.4. The van der Waals surface area contributed by atoms with Crippen LogP contribution in [0.4, 0.5) is 4.79 Å². The van der Waals surface area contributed by atoms with Gasteiger partial charge in [-0.25, -0.2) is 10.2 Å². The molecule has 1 rings (SSSR count). The number of benzene rings is 1. The van der Waals surface area contributed by atoms with Crippen molar-refractivity contribution in [3.05, 3.63) is 23.8 Å². The van der Waals surface area contributed by atoms with Crippen molar-refractivity contribution in [2.24, 2.45) is 5.10 Å². The van der Waals surface area contributed by atoms with Gasteiger partial charge in [0.05, 0.1) is 12.8 Å². The molecule has 0 radical (unpaired) electrons. The van der Waals surface area contributed by atoms with E-state index in [0.29, 0.717) is 17.9 Å². The summed E-state index contributed by atoms with van der Waals surface area (Å²) >= 11 is 0. The van der Waals surface area contributed by atoms with Crippen LogP contribution in [-0.4, -0.2) is 29.6 Å². The summed E-state index contributed by atoms with van der Waals surface area (Å²) in [7, 11) is 0. The topological polar surface area (TPSA) is 80.2 Å². The van der Waals surface area contributed by atoms with Gasteiger partial charge in [-0.2, -0.15) is 5.10 Å². The third-order valence-electron chi connectivity index (χ3n) is 2.09. The summed E-state index contributed by atoms with van der Waals surface area (Å²) in [6, 6.07) is 5.02. The number of carbonyl (C=O) groups excluding carboxylic acids is 1. The van der Waals surface area contributed by atoms with E-state index >= 15 is 0 Å². The molecule has 0 aliphatic heterocycles. The van der Waals surface area contributed by atoms with Gasteiger partial charge in [-0.1, -0.05) is 6.07 Å². The molecule has 2 N–H and O–H groups in total. The summed E-state index contributed by atoms with van der Waals surface area (Å²) in [6.07, 6.45) is 0.663. The van der Waals surface area contributed by atoms with Gasteiger partial charge in [0.15, 0.2) is 11.5 Å². The Morgan fingerprint density at radius 2 is 2.15 bits per heavy atom. The second kappa shape index (κ2) is 6.79. The monoisotopic (exact) mass is 280 g/mol. The second-order valence-corrected chi connectivity index (χ2v) is 5.00. The minimum Gasteiger partial charge on any atom is -0.504 e. The Hall–Kier alpha value is -2.24. The van der Waals surface area contributed by atoms with E-state index in [4.69, 9.17) is 9.47 Å². The maximum Gasteiger partial charge on any atom is 0.428 e. The SMILES string of the molecule is CCOc1cccc(C=NNC(=O)OC(C)(C)C)c1O. The molecule has 6 nitrogen and oxygen atoms in total. The highest BCUT2D eigenvalue weighted by Crippen LogP contribution is 2.28. The number of hydrazone groups is 1. The number of nitrogens with one attached hydrogen (secondary N) is 1. The van der Waals surface area contributed by atoms with Crippen molar-refractivity contribution in [1.29, 1.82) is 0 Å². The van der Waals surface area contributed by atoms with Crippen LogP contribution in [0.5, 0.6) is 11.5 Å². The molecule has 110 valence electrons. The fourth-order valence-electron chi connectivity index (χ4n) is 1.37. The van der Waals surface area contributed by atoms with Crippen molar-refractivity contribution >= 4 is 12.3 Å². The molecule has 6 heteroatoms. The second-order valence-electron chi connectivity index (χ2n) is 5.00. The molecule has 0 bridgehead atoms. The predicted molar refractivity (Wildman–Crippen MR) is 76.2 cm³/mol. The molecule has 1 amide bonds. The fraction of sp³-hybridized carbons (Fsp3) is 0.429. The van der Waals surface area contributed by atoms with Gasteiger partial charge >= 0.3 is 6.09 Å². The molecule has 0 unspecified atom stereocenters. The lowest BCUT2D eigenvalue weighted by atomic mass is 10.2. The van der Waals surface area contributed by atoms with Crippen molar-refractivity contribution in [3.63, 3.8) is 0 Å². The van der Waals surface area contributed by atoms with E-state index in [-0.39, 0.29) is 5.75 Å². The van der Waals surface area contributed by atoms with Gasteiger partial charge in [0.1, 0.15) is 5.60 Å². The van der Waals surface area contributed by atoms with E-state index in [1.807, 2.05) is 6.92 Å². The number of para-hydroxylation sites is 1. The van der Waals surface area contributed by atoms with Crippen molar-refractivity contribution < 1.29 is 19.4 Å². The maximum absolute atomic E-state index is 11.4. The third-order valence-corrected chi connectivity index (χ3v) is 2.09. The molecule has 0 atom stereocenters. The van der Waals surface area contributed by atoms with E-state index in [0.717, 1.165) is 0 Å². The lowest BCUT2D eigenvalue weighted by Crippen LogP contribution is -2.29. The first-order chi connectivity index (χ1) is 9.33. The first kappa shape index (κ1) is 15.8. The summed E-state index contributed by atoms with van der Waals surface area (Å²) in [5, 5.41) is 13.6. The molecular formula is C14H20N2O4. The van der Waals surface area contributed by atoms with E-state index < -0.39 is 11.7 Å². The fourth-order valence-corrected chi connectivity index (χ4v) is 1.37. The van der Waals surface area contributed by atoms with Gasteiger partial charge in [-0.3, -0.25) is 0 Å².